The molecule has 3 aromatic heterocycles. The van der Waals surface area contributed by atoms with Crippen LogP contribution in [0.3, 0.4) is 0 Å². The lowest BCUT2D eigenvalue weighted by Gasteiger charge is -2.51. The Morgan fingerprint density at radius 1 is 0.917 bits per heavy atom. The Morgan fingerprint density at radius 2 is 1.62 bits per heavy atom. The van der Waals surface area contributed by atoms with Crippen molar-refractivity contribution in [1.82, 2.24) is 24.3 Å². The number of hydrogen-bond donors (Lipinski definition) is 1. The van der Waals surface area contributed by atoms with Gasteiger partial charge >= 0.3 is 0 Å². The molecule has 1 fully saturated rings. The molecule has 5 heterocycles. The molecule has 0 saturated carbocycles. The lowest BCUT2D eigenvalue weighted by molar-refractivity contribution is -0.122. The Hall–Kier alpha value is -4.49. The van der Waals surface area contributed by atoms with E-state index in [2.05, 4.69) is 105 Å². The Kier molecular flexibility index (Phi) is 7.44. The van der Waals surface area contributed by atoms with Gasteiger partial charge in [-0.15, -0.1) is 0 Å². The third kappa shape index (κ3) is 4.85. The zero-order valence-corrected chi connectivity index (χ0v) is 29.7. The monoisotopic (exact) mass is 642 g/mol. The fourth-order valence-electron chi connectivity index (χ4n) is 8.17. The number of nitrogens with one attached hydrogen (secondary N) is 1. The summed E-state index contributed by atoms with van der Waals surface area (Å²) in [4.78, 5) is 35.2. The van der Waals surface area contributed by atoms with E-state index < -0.39 is 11.8 Å². The first-order valence-corrected chi connectivity index (χ1v) is 17.2. The molecule has 0 bridgehead atoms. The maximum absolute atomic E-state index is 14.0. The van der Waals surface area contributed by atoms with Gasteiger partial charge in [0, 0.05) is 81.7 Å². The van der Waals surface area contributed by atoms with Crippen LogP contribution in [-0.2, 0) is 22.7 Å². The van der Waals surface area contributed by atoms with Gasteiger partial charge in [0.25, 0.3) is 11.8 Å². The minimum Gasteiger partial charge on any atom is -0.345 e. The van der Waals surface area contributed by atoms with Crippen LogP contribution in [0.15, 0.2) is 54.7 Å². The van der Waals surface area contributed by atoms with Crippen LogP contribution in [0.5, 0.6) is 0 Å². The predicted octanol–water partition coefficient (Wildman–Crippen LogP) is 7.98. The van der Waals surface area contributed by atoms with Crippen LogP contribution in [-0.4, -0.2) is 42.9 Å². The van der Waals surface area contributed by atoms with Crippen LogP contribution in [0.25, 0.3) is 33.0 Å². The number of pyridine rings is 1. The molecule has 5 aromatic rings. The quantitative estimate of drug-likeness (QED) is 0.191. The van der Waals surface area contributed by atoms with Gasteiger partial charge in [0.05, 0.1) is 18.2 Å². The summed E-state index contributed by atoms with van der Waals surface area (Å²) >= 11 is 0. The van der Waals surface area contributed by atoms with E-state index in [-0.39, 0.29) is 23.7 Å². The predicted molar refractivity (Wildman–Crippen MR) is 195 cm³/mol. The summed E-state index contributed by atoms with van der Waals surface area (Å²) in [7, 11) is 0. The summed E-state index contributed by atoms with van der Waals surface area (Å²) in [6.07, 6.45) is 1.13. The summed E-state index contributed by atoms with van der Waals surface area (Å²) in [5, 5.41) is 4.41. The lowest BCUT2D eigenvalue weighted by Crippen LogP contribution is -2.55. The zero-order chi connectivity index (χ0) is 35.1. The van der Waals surface area contributed by atoms with Crippen LogP contribution in [0.4, 0.5) is 0 Å². The lowest BCUT2D eigenvalue weighted by atomic mass is 9.76. The number of amides is 2. The maximum Gasteiger partial charge on any atom is 0.259 e. The molecule has 7 nitrogen and oxygen atoms in total. The summed E-state index contributed by atoms with van der Waals surface area (Å²) < 4.78 is 14.2. The number of benzene rings is 2. The van der Waals surface area contributed by atoms with E-state index in [1.165, 1.54) is 5.56 Å². The number of aromatic nitrogens is 3. The molecule has 1 saturated heterocycles. The zero-order valence-electron chi connectivity index (χ0n) is 30.7. The van der Waals surface area contributed by atoms with Gasteiger partial charge in [0.15, 0.2) is 0 Å². The van der Waals surface area contributed by atoms with Gasteiger partial charge in [-0.1, -0.05) is 31.2 Å². The van der Waals surface area contributed by atoms with E-state index in [0.717, 1.165) is 81.6 Å². The van der Waals surface area contributed by atoms with Crippen LogP contribution < -0.4 is 5.32 Å². The van der Waals surface area contributed by atoms with Gasteiger partial charge < -0.3 is 9.13 Å². The highest BCUT2D eigenvalue weighted by Crippen LogP contribution is 2.46. The fraction of sp³-hybridized carbons (Fsp3) is 0.390. The maximum atomic E-state index is 14.0. The summed E-state index contributed by atoms with van der Waals surface area (Å²) in [5.41, 5.74) is 10.2. The van der Waals surface area contributed by atoms with Crippen molar-refractivity contribution < 1.29 is 11.0 Å². The number of carbonyl (C=O) groups excluding carboxylic acids is 2. The number of aryl methyl sites for hydroxylation is 5. The molecule has 0 radical (unpaired) electrons. The van der Waals surface area contributed by atoms with Crippen molar-refractivity contribution in [2.24, 2.45) is 5.92 Å². The molecule has 7 heteroatoms. The van der Waals surface area contributed by atoms with Crippen molar-refractivity contribution in [2.45, 2.75) is 93.4 Å². The number of fused-ring (bicyclic) bond motifs is 2. The van der Waals surface area contributed by atoms with Crippen molar-refractivity contribution in [3.63, 3.8) is 0 Å². The SMILES string of the molecule is [2H]c1c(C2=C(c3c(C)n(CC)c4ccccc34)C(=O)NC2=O)c2cc(C)c(C)cc2n1C1CCN(Cc2ccc(C)c(C)n2)C(C)(C)C1C. The molecular formula is C41H47N5O2. The second kappa shape index (κ2) is 11.6. The van der Waals surface area contributed by atoms with Crippen molar-refractivity contribution in [3.8, 4) is 0 Å². The molecule has 0 aliphatic carbocycles. The van der Waals surface area contributed by atoms with Crippen LogP contribution in [0.2, 0.25) is 0 Å². The summed E-state index contributed by atoms with van der Waals surface area (Å²) in [6, 6.07) is 16.6. The van der Waals surface area contributed by atoms with E-state index in [0.29, 0.717) is 16.7 Å². The Balaban J connectivity index is 1.41. The van der Waals surface area contributed by atoms with Crippen molar-refractivity contribution in [1.29, 1.82) is 0 Å². The molecule has 2 aliphatic rings. The molecule has 248 valence electrons. The molecular weight excluding hydrogens is 594 g/mol. The molecule has 2 unspecified atom stereocenters. The number of piperidine rings is 1. The Labute approximate surface area is 285 Å². The average Bonchev–Trinajstić information content (AvgIpc) is 3.60. The first kappa shape index (κ1) is 30.8. The van der Waals surface area contributed by atoms with E-state index in [9.17, 15) is 11.0 Å². The van der Waals surface area contributed by atoms with Gasteiger partial charge in [-0.05, 0) is 109 Å². The third-order valence-corrected chi connectivity index (χ3v) is 11.6. The normalized spacial score (nSPS) is 20.3. The number of likely N-dealkylation sites (tertiary alicyclic amines) is 1. The van der Waals surface area contributed by atoms with Gasteiger partial charge in [-0.25, -0.2) is 0 Å². The number of carbonyl (C=O) groups is 2. The Bertz CT molecular complexity index is 2240. The largest absolute Gasteiger partial charge is 0.345 e. The molecule has 2 aromatic carbocycles. The minimum atomic E-state index is -0.442. The fourth-order valence-corrected chi connectivity index (χ4v) is 8.17. The van der Waals surface area contributed by atoms with Crippen molar-refractivity contribution in [2.75, 3.05) is 6.54 Å². The van der Waals surface area contributed by atoms with Gasteiger partial charge in [-0.3, -0.25) is 24.8 Å². The highest BCUT2D eigenvalue weighted by molar-refractivity contribution is 6.51. The van der Waals surface area contributed by atoms with Gasteiger partial charge in [-0.2, -0.15) is 0 Å². The second-order valence-corrected chi connectivity index (χ2v) is 14.5. The average molecular weight is 643 g/mol. The molecule has 48 heavy (non-hydrogen) atoms. The second-order valence-electron chi connectivity index (χ2n) is 14.5. The molecule has 1 N–H and O–H groups in total. The number of hydrogen-bond acceptors (Lipinski definition) is 4. The number of rotatable bonds is 6. The topological polar surface area (TPSA) is 72.2 Å². The van der Waals surface area contributed by atoms with E-state index >= 15 is 0 Å². The smallest absolute Gasteiger partial charge is 0.259 e. The van der Waals surface area contributed by atoms with Gasteiger partial charge in [0.2, 0.25) is 0 Å². The third-order valence-electron chi connectivity index (χ3n) is 11.6. The Morgan fingerprint density at radius 3 is 2.35 bits per heavy atom. The first-order valence-electron chi connectivity index (χ1n) is 17.7. The van der Waals surface area contributed by atoms with E-state index in [1.54, 1.807) is 0 Å². The van der Waals surface area contributed by atoms with Gasteiger partial charge in [0.1, 0.15) is 0 Å². The highest BCUT2D eigenvalue weighted by atomic mass is 16.2. The molecule has 2 atom stereocenters. The molecule has 2 amide bonds. The van der Waals surface area contributed by atoms with Crippen molar-refractivity contribution in [3.05, 3.63) is 99.6 Å². The van der Waals surface area contributed by atoms with Crippen LogP contribution in [0.1, 0.15) is 86.4 Å². The minimum absolute atomic E-state index is 0.0118. The van der Waals surface area contributed by atoms with E-state index in [4.69, 9.17) is 4.98 Å². The van der Waals surface area contributed by atoms with Crippen molar-refractivity contribution >= 4 is 44.8 Å². The summed E-state index contributed by atoms with van der Waals surface area (Å²) in [5.74, 6) is -0.684. The standard InChI is InChI=1S/C41H47N5O2/c1-10-45-28(7)36(30-13-11-12-14-34(30)45)38-37(39(47)43-40(38)48)32-22-46(35-20-25(4)24(3)19-31(32)35)33-17-18-44(41(8,9)26(33)5)21-29-16-15-23(2)27(6)42-29/h11-16,19-20,22,26,33H,10,17-18,21H2,1-9H3,(H,43,47,48)/i22D. The first-order chi connectivity index (χ1) is 23.3. The molecule has 2 aliphatic heterocycles. The van der Waals surface area contributed by atoms with Crippen LogP contribution in [0, 0.1) is 40.5 Å². The number of imide groups is 1. The number of nitrogens with zero attached hydrogens (tertiary/aromatic N) is 4. The number of para-hydroxylation sites is 1. The van der Waals surface area contributed by atoms with Crippen LogP contribution >= 0.6 is 0 Å². The molecule has 7 rings (SSSR count). The summed E-state index contributed by atoms with van der Waals surface area (Å²) in [6.45, 7) is 21.7. The van der Waals surface area contributed by atoms with E-state index in [1.807, 2.05) is 25.1 Å². The molecule has 0 spiro atoms. The highest BCUT2D eigenvalue weighted by Gasteiger charge is 2.43.